The molecule has 1 fully saturated rings. The topological polar surface area (TPSA) is 60.2 Å². The molecule has 2 unspecified atom stereocenters. The van der Waals surface area contributed by atoms with Crippen LogP contribution in [0.15, 0.2) is 18.2 Å². The van der Waals surface area contributed by atoms with Crippen LogP contribution in [0.3, 0.4) is 0 Å². The van der Waals surface area contributed by atoms with Gasteiger partial charge in [-0.25, -0.2) is 8.42 Å². The molecule has 1 aromatic rings. The number of rotatable bonds is 4. The van der Waals surface area contributed by atoms with Gasteiger partial charge in [0.05, 0.1) is 11.5 Å². The Balaban J connectivity index is 1.97. The van der Waals surface area contributed by atoms with Gasteiger partial charge in [0.1, 0.15) is 0 Å². The van der Waals surface area contributed by atoms with Gasteiger partial charge in [0.25, 0.3) is 0 Å². The number of sulfone groups is 1. The van der Waals surface area contributed by atoms with Crippen molar-refractivity contribution in [3.8, 4) is 0 Å². The van der Waals surface area contributed by atoms with E-state index < -0.39 is 9.84 Å². The van der Waals surface area contributed by atoms with Gasteiger partial charge in [0.2, 0.25) is 0 Å². The monoisotopic (exact) mass is 281 g/mol. The van der Waals surface area contributed by atoms with Crippen LogP contribution in [0, 0.1) is 19.8 Å². The Kier molecular flexibility index (Phi) is 4.31. The smallest absolute Gasteiger partial charge is 0.150 e. The molecule has 19 heavy (non-hydrogen) atoms. The van der Waals surface area contributed by atoms with Crippen molar-refractivity contribution in [2.75, 3.05) is 11.5 Å². The lowest BCUT2D eigenvalue weighted by atomic mass is 9.91. The van der Waals surface area contributed by atoms with E-state index in [4.69, 9.17) is 5.73 Å². The van der Waals surface area contributed by atoms with Crippen LogP contribution in [0.5, 0.6) is 0 Å². The van der Waals surface area contributed by atoms with Crippen molar-refractivity contribution >= 4 is 9.84 Å². The van der Waals surface area contributed by atoms with Gasteiger partial charge >= 0.3 is 0 Å². The molecule has 2 N–H and O–H groups in total. The maximum Gasteiger partial charge on any atom is 0.150 e. The first-order valence-corrected chi connectivity index (χ1v) is 8.70. The Morgan fingerprint density at radius 2 is 1.95 bits per heavy atom. The molecule has 1 heterocycles. The molecule has 3 nitrogen and oxygen atoms in total. The summed E-state index contributed by atoms with van der Waals surface area (Å²) in [5, 5.41) is 0. The Morgan fingerprint density at radius 1 is 1.32 bits per heavy atom. The molecule has 0 radical (unpaired) electrons. The first-order valence-electron chi connectivity index (χ1n) is 6.88. The molecule has 1 aliphatic heterocycles. The van der Waals surface area contributed by atoms with Crippen LogP contribution in [0.2, 0.25) is 0 Å². The molecule has 0 spiro atoms. The van der Waals surface area contributed by atoms with Gasteiger partial charge < -0.3 is 5.73 Å². The predicted octanol–water partition coefficient (Wildman–Crippen LogP) is 2.00. The van der Waals surface area contributed by atoms with Gasteiger partial charge in [-0.3, -0.25) is 0 Å². The summed E-state index contributed by atoms with van der Waals surface area (Å²) >= 11 is 0. The second-order valence-corrected chi connectivity index (χ2v) is 8.07. The first kappa shape index (κ1) is 14.5. The molecule has 1 aliphatic rings. The molecule has 4 heteroatoms. The van der Waals surface area contributed by atoms with Crippen LogP contribution in [0.25, 0.3) is 0 Å². The van der Waals surface area contributed by atoms with Gasteiger partial charge in [-0.05, 0) is 55.7 Å². The lowest BCUT2D eigenvalue weighted by Crippen LogP contribution is -2.27. The molecule has 0 bridgehead atoms. The molecule has 0 aliphatic carbocycles. The Hall–Kier alpha value is -0.870. The average Bonchev–Trinajstić information content (AvgIpc) is 2.63. The number of hydrogen-bond donors (Lipinski definition) is 1. The molecule has 0 saturated carbocycles. The Bertz CT molecular complexity index is 531. The molecule has 1 saturated heterocycles. The minimum Gasteiger partial charge on any atom is -0.327 e. The fraction of sp³-hybridized carbons (Fsp3) is 0.600. The van der Waals surface area contributed by atoms with E-state index in [1.807, 2.05) is 0 Å². The molecular weight excluding hydrogens is 258 g/mol. The van der Waals surface area contributed by atoms with Gasteiger partial charge in [-0.15, -0.1) is 0 Å². The third-order valence-corrected chi connectivity index (χ3v) is 5.91. The van der Waals surface area contributed by atoms with E-state index in [2.05, 4.69) is 32.0 Å². The fourth-order valence-electron chi connectivity index (χ4n) is 3.00. The molecule has 2 atom stereocenters. The number of hydrogen-bond acceptors (Lipinski definition) is 3. The molecule has 0 amide bonds. The highest BCUT2D eigenvalue weighted by Crippen LogP contribution is 2.24. The zero-order chi connectivity index (χ0) is 14.0. The maximum atomic E-state index is 11.4. The van der Waals surface area contributed by atoms with Crippen molar-refractivity contribution in [2.45, 2.75) is 39.2 Å². The van der Waals surface area contributed by atoms with Gasteiger partial charge in [0.15, 0.2) is 9.84 Å². The third-order valence-electron chi connectivity index (χ3n) is 4.07. The third kappa shape index (κ3) is 3.80. The van der Waals surface area contributed by atoms with E-state index in [-0.39, 0.29) is 12.0 Å². The van der Waals surface area contributed by atoms with Crippen LogP contribution in [-0.4, -0.2) is 26.0 Å². The highest BCUT2D eigenvalue weighted by Gasteiger charge is 2.29. The van der Waals surface area contributed by atoms with Crippen molar-refractivity contribution in [1.29, 1.82) is 0 Å². The maximum absolute atomic E-state index is 11.4. The van der Waals surface area contributed by atoms with E-state index >= 15 is 0 Å². The number of aryl methyl sites for hydroxylation is 2. The van der Waals surface area contributed by atoms with E-state index in [0.717, 1.165) is 19.3 Å². The largest absolute Gasteiger partial charge is 0.327 e. The zero-order valence-corrected chi connectivity index (χ0v) is 12.5. The fourth-order valence-corrected chi connectivity index (χ4v) is 4.88. The van der Waals surface area contributed by atoms with Crippen molar-refractivity contribution in [2.24, 2.45) is 11.7 Å². The van der Waals surface area contributed by atoms with Crippen LogP contribution >= 0.6 is 0 Å². The summed E-state index contributed by atoms with van der Waals surface area (Å²) < 4.78 is 22.9. The molecule has 2 rings (SSSR count). The van der Waals surface area contributed by atoms with Crippen LogP contribution in [-0.2, 0) is 16.3 Å². The van der Waals surface area contributed by atoms with Crippen LogP contribution in [0.4, 0.5) is 0 Å². The van der Waals surface area contributed by atoms with E-state index in [0.29, 0.717) is 11.5 Å². The highest BCUT2D eigenvalue weighted by atomic mass is 32.2. The van der Waals surface area contributed by atoms with Crippen LogP contribution in [0.1, 0.15) is 29.5 Å². The van der Waals surface area contributed by atoms with E-state index in [1.54, 1.807) is 0 Å². The van der Waals surface area contributed by atoms with Crippen LogP contribution < -0.4 is 5.73 Å². The van der Waals surface area contributed by atoms with Gasteiger partial charge in [-0.2, -0.15) is 0 Å². The normalized spacial score (nSPS) is 23.4. The second-order valence-electron chi connectivity index (χ2n) is 5.84. The summed E-state index contributed by atoms with van der Waals surface area (Å²) in [6.07, 6.45) is 2.44. The minimum absolute atomic E-state index is 0.0538. The minimum atomic E-state index is -2.79. The summed E-state index contributed by atoms with van der Waals surface area (Å²) in [4.78, 5) is 0. The Labute approximate surface area is 116 Å². The zero-order valence-electron chi connectivity index (χ0n) is 11.7. The van der Waals surface area contributed by atoms with Crippen molar-refractivity contribution in [1.82, 2.24) is 0 Å². The first-order chi connectivity index (χ1) is 8.87. The van der Waals surface area contributed by atoms with Crippen molar-refractivity contribution < 1.29 is 8.42 Å². The molecular formula is C15H23NO2S. The highest BCUT2D eigenvalue weighted by molar-refractivity contribution is 7.91. The number of benzene rings is 1. The lowest BCUT2D eigenvalue weighted by molar-refractivity contribution is 0.467. The van der Waals surface area contributed by atoms with E-state index in [9.17, 15) is 8.42 Å². The van der Waals surface area contributed by atoms with E-state index in [1.165, 1.54) is 16.7 Å². The summed E-state index contributed by atoms with van der Waals surface area (Å²) in [5.74, 6) is 0.922. The van der Waals surface area contributed by atoms with Crippen molar-refractivity contribution in [3.05, 3.63) is 34.9 Å². The van der Waals surface area contributed by atoms with Gasteiger partial charge in [0, 0.05) is 6.04 Å². The quantitative estimate of drug-likeness (QED) is 0.918. The SMILES string of the molecule is Cc1cccc(C)c1CC(N)CC1CCS(=O)(=O)C1. The Morgan fingerprint density at radius 3 is 2.47 bits per heavy atom. The summed E-state index contributed by atoms with van der Waals surface area (Å²) in [6, 6.07) is 6.33. The number of nitrogens with two attached hydrogens (primary N) is 1. The molecule has 106 valence electrons. The second kappa shape index (κ2) is 5.63. The predicted molar refractivity (Wildman–Crippen MR) is 79.0 cm³/mol. The molecule has 0 aromatic heterocycles. The standard InChI is InChI=1S/C15H23NO2S/c1-11-4-3-5-12(2)15(11)9-14(16)8-13-6-7-19(17,18)10-13/h3-5,13-14H,6-10,16H2,1-2H3. The average molecular weight is 281 g/mol. The summed E-state index contributed by atoms with van der Waals surface area (Å²) in [5.41, 5.74) is 10.1. The lowest BCUT2D eigenvalue weighted by Gasteiger charge is -2.18. The van der Waals surface area contributed by atoms with Gasteiger partial charge in [-0.1, -0.05) is 18.2 Å². The van der Waals surface area contributed by atoms with Crippen molar-refractivity contribution in [3.63, 3.8) is 0 Å². The summed E-state index contributed by atoms with van der Waals surface area (Å²) in [6.45, 7) is 4.21. The summed E-state index contributed by atoms with van der Waals surface area (Å²) in [7, 11) is -2.79. The molecule has 1 aromatic carbocycles.